The molecule has 25 heavy (non-hydrogen) atoms. The molecule has 0 fully saturated rings. The summed E-state index contributed by atoms with van der Waals surface area (Å²) in [7, 11) is 0. The largest absolute Gasteiger partial charge is 0.494 e. The maximum Gasteiger partial charge on any atom is 0.341 e. The van der Waals surface area contributed by atoms with Crippen molar-refractivity contribution < 1.29 is 24.2 Å². The highest BCUT2D eigenvalue weighted by atomic mass is 16.5. The molecule has 1 N–H and O–H groups in total. The zero-order valence-corrected chi connectivity index (χ0v) is 14.0. The van der Waals surface area contributed by atoms with Crippen molar-refractivity contribution in [2.75, 3.05) is 13.2 Å². The predicted octanol–water partition coefficient (Wildman–Crippen LogP) is 3.83. The number of benzene rings is 2. The highest BCUT2D eigenvalue weighted by Crippen LogP contribution is 2.15. The highest BCUT2D eigenvalue weighted by molar-refractivity contribution is 6.06. The van der Waals surface area contributed by atoms with Crippen LogP contribution in [0.3, 0.4) is 0 Å². The highest BCUT2D eigenvalue weighted by Gasteiger charge is 2.04. The predicted molar refractivity (Wildman–Crippen MR) is 95.2 cm³/mol. The monoisotopic (exact) mass is 340 g/mol. The van der Waals surface area contributed by atoms with Crippen LogP contribution < -0.4 is 9.47 Å². The van der Waals surface area contributed by atoms with Crippen LogP contribution in [0.5, 0.6) is 11.5 Å². The molecule has 0 bridgehead atoms. The van der Waals surface area contributed by atoms with Crippen molar-refractivity contribution in [3.05, 3.63) is 65.7 Å². The number of aliphatic carboxylic acids is 1. The number of hydrogen-bond donors (Lipinski definition) is 1. The molecule has 2 aromatic carbocycles. The summed E-state index contributed by atoms with van der Waals surface area (Å²) < 4.78 is 10.5. The van der Waals surface area contributed by atoms with Crippen molar-refractivity contribution in [2.45, 2.75) is 13.3 Å². The minimum atomic E-state index is -1.05. The molecule has 0 atom stereocenters. The van der Waals surface area contributed by atoms with Crippen molar-refractivity contribution in [3.8, 4) is 11.5 Å². The van der Waals surface area contributed by atoms with Gasteiger partial charge in [-0.15, -0.1) is 0 Å². The van der Waals surface area contributed by atoms with Gasteiger partial charge in [-0.05, 0) is 54.5 Å². The maximum atomic E-state index is 12.2. The lowest BCUT2D eigenvalue weighted by molar-refractivity contribution is -0.139. The van der Waals surface area contributed by atoms with Crippen LogP contribution in [0.1, 0.15) is 29.3 Å². The fourth-order valence-electron chi connectivity index (χ4n) is 2.02. The van der Waals surface area contributed by atoms with Crippen LogP contribution >= 0.6 is 0 Å². The minimum Gasteiger partial charge on any atom is -0.494 e. The Labute approximate surface area is 146 Å². The van der Waals surface area contributed by atoms with E-state index in [4.69, 9.17) is 14.6 Å². The van der Waals surface area contributed by atoms with Crippen molar-refractivity contribution in [3.63, 3.8) is 0 Å². The standard InChI is InChI=1S/C20H20O5/c1-2-13-24-17-8-3-15(4-9-17)5-12-19(21)16-6-10-18(11-7-16)25-14-20(22)23/h3-12H,2,13-14H2,1H3,(H,22,23)/b12-5+. The van der Waals surface area contributed by atoms with Gasteiger partial charge < -0.3 is 14.6 Å². The second-order valence-corrected chi connectivity index (χ2v) is 5.32. The number of carbonyl (C=O) groups is 2. The summed E-state index contributed by atoms with van der Waals surface area (Å²) in [6, 6.07) is 13.9. The van der Waals surface area contributed by atoms with Crippen LogP contribution in [0, 0.1) is 0 Å². The summed E-state index contributed by atoms with van der Waals surface area (Å²) in [6.45, 7) is 2.32. The topological polar surface area (TPSA) is 72.8 Å². The first-order valence-corrected chi connectivity index (χ1v) is 7.98. The Morgan fingerprint density at radius 2 is 1.56 bits per heavy atom. The van der Waals surface area contributed by atoms with Crippen LogP contribution in [-0.4, -0.2) is 30.1 Å². The quantitative estimate of drug-likeness (QED) is 0.555. The maximum absolute atomic E-state index is 12.2. The van der Waals surface area contributed by atoms with E-state index in [-0.39, 0.29) is 5.78 Å². The van der Waals surface area contributed by atoms with Gasteiger partial charge in [0.25, 0.3) is 0 Å². The lowest BCUT2D eigenvalue weighted by atomic mass is 10.1. The van der Waals surface area contributed by atoms with Gasteiger partial charge in [0.2, 0.25) is 0 Å². The second kappa shape index (κ2) is 9.27. The Bertz CT molecular complexity index is 730. The molecule has 0 aliphatic carbocycles. The molecule has 0 aliphatic rings. The SMILES string of the molecule is CCCOc1ccc(/C=C/C(=O)c2ccc(OCC(=O)O)cc2)cc1. The number of ketones is 1. The summed E-state index contributed by atoms with van der Waals surface area (Å²) in [5.74, 6) is 0.0261. The first-order chi connectivity index (χ1) is 12.1. The van der Waals surface area contributed by atoms with Crippen LogP contribution in [-0.2, 0) is 4.79 Å². The third-order valence-electron chi connectivity index (χ3n) is 3.28. The number of carbonyl (C=O) groups excluding carboxylic acids is 1. The molecule has 0 aliphatic heterocycles. The fraction of sp³-hybridized carbons (Fsp3) is 0.200. The van der Waals surface area contributed by atoms with Gasteiger partial charge in [-0.1, -0.05) is 25.1 Å². The number of carboxylic acid groups (broad SMARTS) is 1. The number of ether oxygens (including phenoxy) is 2. The molecule has 0 heterocycles. The van der Waals surface area contributed by atoms with Crippen molar-refractivity contribution >= 4 is 17.8 Å². The zero-order valence-electron chi connectivity index (χ0n) is 14.0. The lowest BCUT2D eigenvalue weighted by Crippen LogP contribution is -2.09. The molecule has 0 saturated carbocycles. The summed E-state index contributed by atoms with van der Waals surface area (Å²) in [5.41, 5.74) is 1.40. The first-order valence-electron chi connectivity index (χ1n) is 7.98. The molecule has 0 aromatic heterocycles. The fourth-order valence-corrected chi connectivity index (χ4v) is 2.02. The van der Waals surface area contributed by atoms with E-state index in [0.717, 1.165) is 17.7 Å². The molecule has 0 saturated heterocycles. The second-order valence-electron chi connectivity index (χ2n) is 5.32. The van der Waals surface area contributed by atoms with E-state index in [2.05, 4.69) is 0 Å². The van der Waals surface area contributed by atoms with E-state index in [1.807, 2.05) is 31.2 Å². The molecule has 5 heteroatoms. The molecule has 0 radical (unpaired) electrons. The van der Waals surface area contributed by atoms with Gasteiger partial charge in [-0.3, -0.25) is 4.79 Å². The minimum absolute atomic E-state index is 0.143. The molecule has 130 valence electrons. The third kappa shape index (κ3) is 6.14. The van der Waals surface area contributed by atoms with Crippen LogP contribution in [0.4, 0.5) is 0 Å². The van der Waals surface area contributed by atoms with Crippen molar-refractivity contribution in [1.82, 2.24) is 0 Å². The van der Waals surface area contributed by atoms with Crippen LogP contribution in [0.2, 0.25) is 0 Å². The van der Waals surface area contributed by atoms with E-state index >= 15 is 0 Å². The molecule has 0 spiro atoms. The molecule has 2 aromatic rings. The van der Waals surface area contributed by atoms with Gasteiger partial charge in [0.15, 0.2) is 12.4 Å². The van der Waals surface area contributed by atoms with Gasteiger partial charge >= 0.3 is 5.97 Å². The van der Waals surface area contributed by atoms with E-state index in [1.54, 1.807) is 30.3 Å². The molecule has 5 nitrogen and oxygen atoms in total. The van der Waals surface area contributed by atoms with Gasteiger partial charge in [0, 0.05) is 5.56 Å². The Hall–Kier alpha value is -3.08. The molecular formula is C20H20O5. The van der Waals surface area contributed by atoms with Gasteiger partial charge in [-0.2, -0.15) is 0 Å². The van der Waals surface area contributed by atoms with Gasteiger partial charge in [0.05, 0.1) is 6.61 Å². The molecular weight excluding hydrogens is 320 g/mol. The first kappa shape index (κ1) is 18.3. The van der Waals surface area contributed by atoms with E-state index in [1.165, 1.54) is 6.08 Å². The summed E-state index contributed by atoms with van der Waals surface area (Å²) in [6.07, 6.45) is 4.19. The van der Waals surface area contributed by atoms with E-state index < -0.39 is 12.6 Å². The van der Waals surface area contributed by atoms with Gasteiger partial charge in [0.1, 0.15) is 11.5 Å². The summed E-state index contributed by atoms with van der Waals surface area (Å²) in [4.78, 5) is 22.6. The van der Waals surface area contributed by atoms with Crippen LogP contribution in [0.25, 0.3) is 6.08 Å². The summed E-state index contributed by atoms with van der Waals surface area (Å²) >= 11 is 0. The van der Waals surface area contributed by atoms with E-state index in [0.29, 0.717) is 17.9 Å². The van der Waals surface area contributed by atoms with E-state index in [9.17, 15) is 9.59 Å². The van der Waals surface area contributed by atoms with Crippen molar-refractivity contribution in [1.29, 1.82) is 0 Å². The Morgan fingerprint density at radius 3 is 2.16 bits per heavy atom. The number of carboxylic acids is 1. The molecule has 0 amide bonds. The molecule has 2 rings (SSSR count). The normalized spacial score (nSPS) is 10.6. The van der Waals surface area contributed by atoms with Crippen LogP contribution in [0.15, 0.2) is 54.6 Å². The Balaban J connectivity index is 1.94. The smallest absolute Gasteiger partial charge is 0.341 e. The number of hydrogen-bond acceptors (Lipinski definition) is 4. The average molecular weight is 340 g/mol. The molecule has 0 unspecified atom stereocenters. The Kier molecular flexibility index (Phi) is 6.77. The van der Waals surface area contributed by atoms with Gasteiger partial charge in [-0.25, -0.2) is 4.79 Å². The zero-order chi connectivity index (χ0) is 18.1. The van der Waals surface area contributed by atoms with Crippen molar-refractivity contribution in [2.24, 2.45) is 0 Å². The number of rotatable bonds is 9. The lowest BCUT2D eigenvalue weighted by Gasteiger charge is -2.04. The third-order valence-corrected chi connectivity index (χ3v) is 3.28. The number of allylic oxidation sites excluding steroid dienone is 1. The summed E-state index contributed by atoms with van der Waals surface area (Å²) in [5, 5.41) is 8.56. The Morgan fingerprint density at radius 1 is 0.960 bits per heavy atom. The average Bonchev–Trinajstić information content (AvgIpc) is 2.64.